The van der Waals surface area contributed by atoms with Gasteiger partial charge in [-0.3, -0.25) is 19.3 Å². The predicted octanol–water partition coefficient (Wildman–Crippen LogP) is 0.791. The highest BCUT2D eigenvalue weighted by molar-refractivity contribution is 14.1. The van der Waals surface area contributed by atoms with Crippen molar-refractivity contribution in [2.75, 3.05) is 33.1 Å². The fourth-order valence-electron chi connectivity index (χ4n) is 5.67. The summed E-state index contributed by atoms with van der Waals surface area (Å²) < 4.78 is 0.435. The van der Waals surface area contributed by atoms with Crippen LogP contribution in [0.25, 0.3) is 0 Å². The zero-order valence-corrected chi connectivity index (χ0v) is 21.2. The molecule has 0 saturated carbocycles. The molecule has 1 aromatic carbocycles. The van der Waals surface area contributed by atoms with Gasteiger partial charge in [-0.2, -0.15) is 0 Å². The zero-order chi connectivity index (χ0) is 25.4. The van der Waals surface area contributed by atoms with Crippen molar-refractivity contribution in [2.24, 2.45) is 17.6 Å². The first-order valence-corrected chi connectivity index (χ1v) is 11.7. The average Bonchev–Trinajstić information content (AvgIpc) is 2.72. The first-order valence-electron chi connectivity index (χ1n) is 10.6. The highest BCUT2D eigenvalue weighted by atomic mass is 127. The molecule has 3 aliphatic rings. The smallest absolute Gasteiger partial charge is 0.255 e. The Morgan fingerprint density at radius 3 is 2.32 bits per heavy atom. The number of hydrogen-bond acceptors (Lipinski definition) is 9. The molecular formula is C23H26IN3O7. The maximum atomic E-state index is 13.6. The van der Waals surface area contributed by atoms with E-state index in [2.05, 4.69) is 0 Å². The maximum absolute atomic E-state index is 13.6. The number of aromatic hydroxyl groups is 1. The molecule has 0 heterocycles. The summed E-state index contributed by atoms with van der Waals surface area (Å²) in [6, 6.07) is 0.750. The minimum Gasteiger partial charge on any atom is -0.510 e. The van der Waals surface area contributed by atoms with Gasteiger partial charge in [0.2, 0.25) is 5.78 Å². The lowest BCUT2D eigenvalue weighted by atomic mass is 9.58. The number of anilines is 1. The van der Waals surface area contributed by atoms with E-state index in [9.17, 15) is 34.8 Å². The van der Waals surface area contributed by atoms with E-state index in [0.29, 0.717) is 9.13 Å². The summed E-state index contributed by atoms with van der Waals surface area (Å²) in [4.78, 5) is 42.3. The number of phenols is 1. The number of nitrogens with zero attached hydrogens (tertiary/aromatic N) is 2. The summed E-state index contributed by atoms with van der Waals surface area (Å²) in [7, 11) is 6.81. The number of benzene rings is 1. The Balaban J connectivity index is 2.00. The van der Waals surface area contributed by atoms with Crippen LogP contribution in [0.5, 0.6) is 5.75 Å². The van der Waals surface area contributed by atoms with Crippen LogP contribution in [0, 0.1) is 15.4 Å². The van der Waals surface area contributed by atoms with Gasteiger partial charge in [0.25, 0.3) is 5.91 Å². The molecule has 6 N–H and O–H groups in total. The van der Waals surface area contributed by atoms with Gasteiger partial charge in [-0.25, -0.2) is 0 Å². The van der Waals surface area contributed by atoms with Crippen molar-refractivity contribution in [3.05, 3.63) is 43.4 Å². The molecule has 1 aromatic rings. The molecule has 0 bridgehead atoms. The quantitative estimate of drug-likeness (QED) is 0.256. The zero-order valence-electron chi connectivity index (χ0n) is 19.1. The summed E-state index contributed by atoms with van der Waals surface area (Å²) in [5.74, 6) is -6.51. The average molecular weight is 583 g/mol. The van der Waals surface area contributed by atoms with Crippen molar-refractivity contribution in [3.63, 3.8) is 0 Å². The second-order valence-corrected chi connectivity index (χ2v) is 10.6. The Morgan fingerprint density at radius 2 is 1.79 bits per heavy atom. The molecule has 3 aliphatic carbocycles. The Bertz CT molecular complexity index is 1220. The number of fused-ring (bicyclic) bond motifs is 3. The lowest BCUT2D eigenvalue weighted by molar-refractivity contribution is -0.148. The Hall–Kier alpha value is -2.64. The van der Waals surface area contributed by atoms with Crippen molar-refractivity contribution in [1.29, 1.82) is 0 Å². The number of carbonyl (C=O) groups is 3. The monoisotopic (exact) mass is 583 g/mol. The molecule has 0 radical (unpaired) electrons. The number of aliphatic hydroxyl groups excluding tert-OH is 2. The molecule has 34 heavy (non-hydrogen) atoms. The highest BCUT2D eigenvalue weighted by Crippen LogP contribution is 2.53. The van der Waals surface area contributed by atoms with Crippen LogP contribution in [-0.4, -0.2) is 82.6 Å². The number of allylic oxidation sites excluding steroid dienone is 1. The number of phenolic OH excluding ortho intramolecular Hbond substituents is 1. The fourth-order valence-corrected chi connectivity index (χ4v) is 6.23. The number of ketones is 2. The number of likely N-dealkylation sites (N-methyl/N-ethyl adjacent to an activating group) is 1. The molecule has 0 saturated heterocycles. The molecule has 0 aliphatic heterocycles. The summed E-state index contributed by atoms with van der Waals surface area (Å²) in [5, 5.41) is 44.4. The Kier molecular flexibility index (Phi) is 5.73. The van der Waals surface area contributed by atoms with Crippen molar-refractivity contribution in [3.8, 4) is 5.75 Å². The number of nitrogens with two attached hydrogens (primary N) is 1. The van der Waals surface area contributed by atoms with Crippen LogP contribution in [0.1, 0.15) is 22.3 Å². The number of hydrogen-bond donors (Lipinski definition) is 5. The molecule has 0 fully saturated rings. The SMILES string of the molecule is CN(C)c1cc(I)c(O)c2c1C[C@H]1C[C@H]3[C@H](N(C)C)C(O)=C(C(N)=O)C(=O)C3(O)C(O)=C1C2=O. The third kappa shape index (κ3) is 3.09. The lowest BCUT2D eigenvalue weighted by Crippen LogP contribution is -2.63. The van der Waals surface area contributed by atoms with E-state index >= 15 is 0 Å². The number of halogens is 1. The topological polar surface area (TPSA) is 165 Å². The molecule has 1 amide bonds. The first kappa shape index (κ1) is 24.5. The summed E-state index contributed by atoms with van der Waals surface area (Å²) in [6.45, 7) is 0. The molecule has 0 spiro atoms. The van der Waals surface area contributed by atoms with E-state index in [1.54, 1.807) is 20.2 Å². The maximum Gasteiger partial charge on any atom is 0.255 e. The standard InChI is InChI=1S/C23H26IN3O7/c1-26(2)12-7-11(24)17(28)14-9(12)5-8-6-10-16(27(3)4)19(30)15(22(25)33)21(32)23(10,34)20(31)13(8)18(14)29/h7-8,10,16,28,30-31,34H,5-6H2,1-4H3,(H2,25,33)/t8-,10-,16-,23?/m0/s1. The van der Waals surface area contributed by atoms with Crippen molar-refractivity contribution in [1.82, 2.24) is 4.90 Å². The second-order valence-electron chi connectivity index (χ2n) is 9.44. The molecule has 11 heteroatoms. The van der Waals surface area contributed by atoms with E-state index in [-0.39, 0.29) is 29.7 Å². The summed E-state index contributed by atoms with van der Waals surface area (Å²) in [6.07, 6.45) is 0.317. The van der Waals surface area contributed by atoms with Crippen LogP contribution < -0.4 is 10.6 Å². The van der Waals surface area contributed by atoms with E-state index in [1.807, 2.05) is 41.6 Å². The van der Waals surface area contributed by atoms with Gasteiger partial charge in [-0.05, 0) is 67.1 Å². The first-order chi connectivity index (χ1) is 15.7. The van der Waals surface area contributed by atoms with E-state index in [4.69, 9.17) is 5.73 Å². The molecule has 1 unspecified atom stereocenters. The van der Waals surface area contributed by atoms with Crippen LogP contribution in [-0.2, 0) is 16.0 Å². The molecule has 10 nitrogen and oxygen atoms in total. The van der Waals surface area contributed by atoms with Crippen LogP contribution in [0.15, 0.2) is 28.7 Å². The summed E-state index contributed by atoms with van der Waals surface area (Å²) >= 11 is 1.91. The highest BCUT2D eigenvalue weighted by Gasteiger charge is 2.63. The minimum atomic E-state index is -2.63. The van der Waals surface area contributed by atoms with Crippen molar-refractivity contribution in [2.45, 2.75) is 24.5 Å². The van der Waals surface area contributed by atoms with Crippen LogP contribution in [0.4, 0.5) is 5.69 Å². The third-order valence-corrected chi connectivity index (χ3v) is 7.96. The van der Waals surface area contributed by atoms with Gasteiger partial charge < -0.3 is 31.1 Å². The van der Waals surface area contributed by atoms with Gasteiger partial charge in [0.05, 0.1) is 15.2 Å². The number of rotatable bonds is 3. The number of Topliss-reactive ketones (excluding diaryl/α,β-unsaturated/α-hetero) is 2. The van der Waals surface area contributed by atoms with E-state index in [0.717, 1.165) is 5.69 Å². The van der Waals surface area contributed by atoms with Crippen LogP contribution in [0.3, 0.4) is 0 Å². The normalized spacial score (nSPS) is 28.6. The molecule has 182 valence electrons. The van der Waals surface area contributed by atoms with Crippen molar-refractivity contribution < 1.29 is 34.8 Å². The predicted molar refractivity (Wildman–Crippen MR) is 131 cm³/mol. The van der Waals surface area contributed by atoms with Crippen molar-refractivity contribution >= 4 is 45.8 Å². The van der Waals surface area contributed by atoms with Crippen LogP contribution in [0.2, 0.25) is 0 Å². The molecule has 4 rings (SSSR count). The van der Waals surface area contributed by atoms with Crippen LogP contribution >= 0.6 is 22.6 Å². The number of primary amides is 1. The largest absolute Gasteiger partial charge is 0.510 e. The van der Waals surface area contributed by atoms with E-state index in [1.165, 1.54) is 4.90 Å². The van der Waals surface area contributed by atoms with Gasteiger partial charge in [0.1, 0.15) is 22.8 Å². The number of carbonyl (C=O) groups excluding carboxylic acids is 3. The Labute approximate surface area is 209 Å². The minimum absolute atomic E-state index is 0.0105. The molecular weight excluding hydrogens is 557 g/mol. The van der Waals surface area contributed by atoms with Gasteiger partial charge in [0, 0.05) is 31.3 Å². The molecule has 0 aromatic heterocycles. The lowest BCUT2D eigenvalue weighted by Gasteiger charge is -2.50. The second kappa shape index (κ2) is 7.95. The Morgan fingerprint density at radius 1 is 1.18 bits per heavy atom. The van der Waals surface area contributed by atoms with E-state index < -0.39 is 58.0 Å². The van der Waals surface area contributed by atoms with Gasteiger partial charge in [-0.1, -0.05) is 0 Å². The molecule has 4 atom stereocenters. The number of aliphatic hydroxyl groups is 3. The van der Waals surface area contributed by atoms with Gasteiger partial charge in [0.15, 0.2) is 11.4 Å². The van der Waals surface area contributed by atoms with Gasteiger partial charge >= 0.3 is 0 Å². The fraction of sp³-hybridized carbons (Fsp3) is 0.435. The number of amides is 1. The summed E-state index contributed by atoms with van der Waals surface area (Å²) in [5.41, 5.74) is 3.05. The third-order valence-electron chi connectivity index (χ3n) is 7.13. The van der Waals surface area contributed by atoms with Gasteiger partial charge in [-0.15, -0.1) is 0 Å².